The van der Waals surface area contributed by atoms with Crippen LogP contribution in [0.25, 0.3) is 0 Å². The minimum Gasteiger partial charge on any atom is -0.444 e. The summed E-state index contributed by atoms with van der Waals surface area (Å²) < 4.78 is 16.4. The molecule has 3 aliphatic heterocycles. The van der Waals surface area contributed by atoms with Crippen LogP contribution in [0.2, 0.25) is 0 Å². The van der Waals surface area contributed by atoms with Crippen molar-refractivity contribution in [3.63, 3.8) is 0 Å². The fourth-order valence-corrected chi connectivity index (χ4v) is 4.80. The number of hydrogen-bond donors (Lipinski definition) is 1. The van der Waals surface area contributed by atoms with Gasteiger partial charge in [0, 0.05) is 52.0 Å². The lowest BCUT2D eigenvalue weighted by Crippen LogP contribution is -2.50. The van der Waals surface area contributed by atoms with Crippen molar-refractivity contribution in [3.05, 3.63) is 18.3 Å². The molecule has 3 saturated heterocycles. The largest absolute Gasteiger partial charge is 0.444 e. The minimum atomic E-state index is -0.507. The van der Waals surface area contributed by atoms with Crippen molar-refractivity contribution in [2.24, 2.45) is 5.92 Å². The number of amides is 3. The number of urea groups is 1. The van der Waals surface area contributed by atoms with E-state index in [9.17, 15) is 9.59 Å². The van der Waals surface area contributed by atoms with E-state index in [4.69, 9.17) is 14.2 Å². The molecule has 1 N–H and O–H groups in total. The molecule has 10 heteroatoms. The van der Waals surface area contributed by atoms with Crippen LogP contribution < -0.4 is 15.1 Å². The second kappa shape index (κ2) is 14.5. The van der Waals surface area contributed by atoms with E-state index < -0.39 is 5.60 Å². The Morgan fingerprint density at radius 1 is 1.00 bits per heavy atom. The molecule has 3 amide bonds. The third-order valence-corrected chi connectivity index (χ3v) is 6.88. The quantitative estimate of drug-likeness (QED) is 0.603. The fraction of sp³-hybridized carbons (Fsp3) is 0.750. The average molecular weight is 534 g/mol. The zero-order valence-corrected chi connectivity index (χ0v) is 23.9. The van der Waals surface area contributed by atoms with Gasteiger partial charge in [0.25, 0.3) is 0 Å². The number of nitrogens with zero attached hydrogens (tertiary/aromatic N) is 4. The molecule has 3 aliphatic rings. The number of carbonyl (C=O) groups is 2. The van der Waals surface area contributed by atoms with E-state index in [1.54, 1.807) is 11.1 Å². The lowest BCUT2D eigenvalue weighted by Gasteiger charge is -2.36. The summed E-state index contributed by atoms with van der Waals surface area (Å²) in [5, 5.41) is 3.21. The molecule has 10 nitrogen and oxygen atoms in total. The SMILES string of the molecule is CC.CC(C)(C)OC(=O)N1CCC(CN(C(=O)NC2CCOCC2)c2ccc(N3CCOCC3)nc2)CC1. The molecule has 0 spiro atoms. The Kier molecular flexibility index (Phi) is 11.5. The van der Waals surface area contributed by atoms with Crippen molar-refractivity contribution in [3.8, 4) is 0 Å². The third kappa shape index (κ3) is 9.01. The number of ether oxygens (including phenoxy) is 3. The number of rotatable bonds is 5. The number of likely N-dealkylation sites (tertiary alicyclic amines) is 1. The molecule has 1 aromatic rings. The van der Waals surface area contributed by atoms with Crippen LogP contribution in [-0.2, 0) is 14.2 Å². The minimum absolute atomic E-state index is 0.0996. The van der Waals surface area contributed by atoms with Gasteiger partial charge in [0.1, 0.15) is 11.4 Å². The summed E-state index contributed by atoms with van der Waals surface area (Å²) in [6.45, 7) is 15.8. The first-order chi connectivity index (χ1) is 18.3. The number of piperidine rings is 1. The number of carbonyl (C=O) groups excluding carboxylic acids is 2. The predicted molar refractivity (Wildman–Crippen MR) is 149 cm³/mol. The van der Waals surface area contributed by atoms with Gasteiger partial charge in [-0.2, -0.15) is 0 Å². The fourth-order valence-electron chi connectivity index (χ4n) is 4.80. The Bertz CT molecular complexity index is 855. The third-order valence-electron chi connectivity index (χ3n) is 6.88. The number of anilines is 2. The molecule has 0 aliphatic carbocycles. The Labute approximate surface area is 228 Å². The van der Waals surface area contributed by atoms with Gasteiger partial charge in [-0.3, -0.25) is 4.90 Å². The Morgan fingerprint density at radius 2 is 1.63 bits per heavy atom. The summed E-state index contributed by atoms with van der Waals surface area (Å²) in [5.41, 5.74) is 0.277. The van der Waals surface area contributed by atoms with Gasteiger partial charge in [0.2, 0.25) is 0 Å². The summed E-state index contributed by atoms with van der Waals surface area (Å²) >= 11 is 0. The van der Waals surface area contributed by atoms with Crippen molar-refractivity contribution in [2.75, 3.05) is 69.0 Å². The zero-order chi connectivity index (χ0) is 27.5. The van der Waals surface area contributed by atoms with E-state index in [2.05, 4.69) is 15.2 Å². The monoisotopic (exact) mass is 533 g/mol. The number of aromatic nitrogens is 1. The lowest BCUT2D eigenvalue weighted by molar-refractivity contribution is 0.0186. The maximum atomic E-state index is 13.4. The lowest BCUT2D eigenvalue weighted by atomic mass is 9.96. The number of nitrogens with one attached hydrogen (secondary N) is 1. The van der Waals surface area contributed by atoms with E-state index in [0.29, 0.717) is 46.1 Å². The van der Waals surface area contributed by atoms with Crippen LogP contribution in [0.1, 0.15) is 60.3 Å². The van der Waals surface area contributed by atoms with Gasteiger partial charge in [0.15, 0.2) is 0 Å². The molecule has 3 fully saturated rings. The van der Waals surface area contributed by atoms with E-state index >= 15 is 0 Å². The second-order valence-corrected chi connectivity index (χ2v) is 10.8. The molecule has 0 unspecified atom stereocenters. The molecule has 4 heterocycles. The van der Waals surface area contributed by atoms with E-state index in [-0.39, 0.29) is 24.1 Å². The summed E-state index contributed by atoms with van der Waals surface area (Å²) in [6, 6.07) is 3.98. The number of hydrogen-bond acceptors (Lipinski definition) is 7. The second-order valence-electron chi connectivity index (χ2n) is 10.8. The molecule has 0 radical (unpaired) electrons. The van der Waals surface area contributed by atoms with Gasteiger partial charge in [-0.05, 0) is 64.5 Å². The summed E-state index contributed by atoms with van der Waals surface area (Å²) in [4.78, 5) is 36.4. The normalized spacial score (nSPS) is 19.3. The van der Waals surface area contributed by atoms with Crippen molar-refractivity contribution in [1.82, 2.24) is 15.2 Å². The standard InChI is InChI=1S/C26H41N5O5.C2H6/c1-26(2,3)36-25(33)30-10-6-20(7-11-30)19-31(24(32)28-21-8-14-34-15-9-21)22-4-5-23(27-18-22)29-12-16-35-17-13-29;1-2/h4-5,18,20-21H,6-17,19H2,1-3H3,(H,28,32);1-2H3. The van der Waals surface area contributed by atoms with Gasteiger partial charge in [0.05, 0.1) is 25.1 Å². The maximum absolute atomic E-state index is 13.4. The van der Waals surface area contributed by atoms with Crippen LogP contribution >= 0.6 is 0 Å². The molecule has 4 rings (SSSR count). The summed E-state index contributed by atoms with van der Waals surface area (Å²) in [7, 11) is 0. The van der Waals surface area contributed by atoms with Crippen LogP contribution in [-0.4, -0.2) is 92.8 Å². The van der Waals surface area contributed by atoms with Gasteiger partial charge in [-0.25, -0.2) is 14.6 Å². The highest BCUT2D eigenvalue weighted by Crippen LogP contribution is 2.25. The van der Waals surface area contributed by atoms with Crippen LogP contribution in [0, 0.1) is 5.92 Å². The Hall–Kier alpha value is -2.59. The highest BCUT2D eigenvalue weighted by Gasteiger charge is 2.30. The van der Waals surface area contributed by atoms with E-state index in [1.165, 1.54) is 0 Å². The Balaban J connectivity index is 0.00000195. The number of morpholine rings is 1. The van der Waals surface area contributed by atoms with Crippen molar-refractivity contribution in [2.45, 2.75) is 71.9 Å². The van der Waals surface area contributed by atoms with Gasteiger partial charge in [-0.1, -0.05) is 13.8 Å². The molecular weight excluding hydrogens is 486 g/mol. The van der Waals surface area contributed by atoms with Crippen LogP contribution in [0.15, 0.2) is 18.3 Å². The van der Waals surface area contributed by atoms with Crippen LogP contribution in [0.4, 0.5) is 21.1 Å². The average Bonchev–Trinajstić information content (AvgIpc) is 2.93. The highest BCUT2D eigenvalue weighted by molar-refractivity contribution is 5.92. The molecule has 214 valence electrons. The molecule has 0 aromatic carbocycles. The first kappa shape index (κ1) is 30.0. The van der Waals surface area contributed by atoms with Crippen molar-refractivity contribution < 1.29 is 23.8 Å². The molecule has 38 heavy (non-hydrogen) atoms. The molecular formula is C28H47N5O5. The zero-order valence-electron chi connectivity index (χ0n) is 23.9. The highest BCUT2D eigenvalue weighted by atomic mass is 16.6. The molecule has 0 atom stereocenters. The topological polar surface area (TPSA) is 96.5 Å². The molecule has 0 bridgehead atoms. The van der Waals surface area contributed by atoms with Crippen LogP contribution in [0.5, 0.6) is 0 Å². The predicted octanol–water partition coefficient (Wildman–Crippen LogP) is 4.29. The molecule has 0 saturated carbocycles. The Morgan fingerprint density at radius 3 is 2.21 bits per heavy atom. The number of pyridine rings is 1. The summed E-state index contributed by atoms with van der Waals surface area (Å²) in [6.07, 6.45) is 4.81. The van der Waals surface area contributed by atoms with Gasteiger partial charge < -0.3 is 29.3 Å². The van der Waals surface area contributed by atoms with Crippen molar-refractivity contribution >= 4 is 23.6 Å². The van der Waals surface area contributed by atoms with Crippen molar-refractivity contribution in [1.29, 1.82) is 0 Å². The van der Waals surface area contributed by atoms with E-state index in [1.807, 2.05) is 51.7 Å². The molecule has 1 aromatic heterocycles. The van der Waals surface area contributed by atoms with Gasteiger partial charge >= 0.3 is 12.1 Å². The van der Waals surface area contributed by atoms with Crippen LogP contribution in [0.3, 0.4) is 0 Å². The smallest absolute Gasteiger partial charge is 0.410 e. The van der Waals surface area contributed by atoms with Gasteiger partial charge in [-0.15, -0.1) is 0 Å². The summed E-state index contributed by atoms with van der Waals surface area (Å²) in [5.74, 6) is 1.18. The first-order valence-electron chi connectivity index (χ1n) is 14.2. The maximum Gasteiger partial charge on any atom is 0.410 e. The van der Waals surface area contributed by atoms with E-state index in [0.717, 1.165) is 50.3 Å². The first-order valence-corrected chi connectivity index (χ1v) is 14.2.